The lowest BCUT2D eigenvalue weighted by Gasteiger charge is -2.04. The van der Waals surface area contributed by atoms with Crippen LogP contribution < -0.4 is 10.5 Å². The standard InChI is InChI=1S/C9H10ClNO2/c1-13-9-4-6(8(12)5-11)2-3-7(9)10/h2-4H,5,11H2,1H3. The Kier molecular flexibility index (Phi) is 3.28. The monoisotopic (exact) mass is 199 g/mol. The summed E-state index contributed by atoms with van der Waals surface area (Å²) in [6.07, 6.45) is 0. The fourth-order valence-corrected chi connectivity index (χ4v) is 1.15. The minimum atomic E-state index is -0.130. The van der Waals surface area contributed by atoms with Crippen molar-refractivity contribution in [3.8, 4) is 5.75 Å². The van der Waals surface area contributed by atoms with Gasteiger partial charge in [0.1, 0.15) is 5.75 Å². The van der Waals surface area contributed by atoms with Gasteiger partial charge >= 0.3 is 0 Å². The zero-order valence-corrected chi connectivity index (χ0v) is 7.97. The molecule has 0 aliphatic carbocycles. The zero-order chi connectivity index (χ0) is 9.84. The van der Waals surface area contributed by atoms with E-state index in [0.717, 1.165) is 0 Å². The van der Waals surface area contributed by atoms with Crippen molar-refractivity contribution in [1.29, 1.82) is 0 Å². The number of rotatable bonds is 3. The minimum Gasteiger partial charge on any atom is -0.495 e. The van der Waals surface area contributed by atoms with E-state index in [4.69, 9.17) is 22.1 Å². The average molecular weight is 200 g/mol. The van der Waals surface area contributed by atoms with Crippen molar-refractivity contribution >= 4 is 17.4 Å². The predicted octanol–water partition coefficient (Wildman–Crippen LogP) is 1.49. The highest BCUT2D eigenvalue weighted by molar-refractivity contribution is 6.32. The third kappa shape index (κ3) is 2.20. The molecule has 0 aliphatic heterocycles. The molecule has 0 unspecified atom stereocenters. The Morgan fingerprint density at radius 2 is 2.31 bits per heavy atom. The Labute approximate surface area is 81.4 Å². The van der Waals surface area contributed by atoms with Crippen LogP contribution in [0.4, 0.5) is 0 Å². The van der Waals surface area contributed by atoms with E-state index in [0.29, 0.717) is 16.3 Å². The normalized spacial score (nSPS) is 9.77. The van der Waals surface area contributed by atoms with Crippen molar-refractivity contribution in [3.63, 3.8) is 0 Å². The maximum absolute atomic E-state index is 11.2. The first-order valence-corrected chi connectivity index (χ1v) is 4.13. The quantitative estimate of drug-likeness (QED) is 0.751. The van der Waals surface area contributed by atoms with E-state index >= 15 is 0 Å². The van der Waals surface area contributed by atoms with Crippen LogP contribution in [0.3, 0.4) is 0 Å². The molecule has 0 saturated heterocycles. The van der Waals surface area contributed by atoms with Gasteiger partial charge in [0.2, 0.25) is 0 Å². The first-order chi connectivity index (χ1) is 6.19. The summed E-state index contributed by atoms with van der Waals surface area (Å²) in [6, 6.07) is 4.82. The maximum Gasteiger partial charge on any atom is 0.176 e. The molecular weight excluding hydrogens is 190 g/mol. The van der Waals surface area contributed by atoms with Gasteiger partial charge in [0.05, 0.1) is 18.7 Å². The molecule has 0 heterocycles. The number of methoxy groups -OCH3 is 1. The number of hydrogen-bond donors (Lipinski definition) is 1. The van der Waals surface area contributed by atoms with Gasteiger partial charge in [-0.15, -0.1) is 0 Å². The van der Waals surface area contributed by atoms with Crippen LogP contribution in [0.5, 0.6) is 5.75 Å². The molecule has 0 saturated carbocycles. The van der Waals surface area contributed by atoms with Crippen LogP contribution >= 0.6 is 11.6 Å². The van der Waals surface area contributed by atoms with Crippen molar-refractivity contribution in [2.24, 2.45) is 5.73 Å². The Morgan fingerprint density at radius 3 is 2.85 bits per heavy atom. The summed E-state index contributed by atoms with van der Waals surface area (Å²) in [5.74, 6) is 0.357. The highest BCUT2D eigenvalue weighted by atomic mass is 35.5. The predicted molar refractivity (Wildman–Crippen MR) is 51.4 cm³/mol. The molecule has 0 atom stereocenters. The van der Waals surface area contributed by atoms with Gasteiger partial charge < -0.3 is 10.5 Å². The molecular formula is C9H10ClNO2. The molecule has 70 valence electrons. The average Bonchev–Trinajstić information content (AvgIpc) is 2.17. The molecule has 2 N–H and O–H groups in total. The van der Waals surface area contributed by atoms with Gasteiger partial charge in [0.25, 0.3) is 0 Å². The molecule has 0 fully saturated rings. The first kappa shape index (κ1) is 10.0. The van der Waals surface area contributed by atoms with Crippen molar-refractivity contribution < 1.29 is 9.53 Å². The Balaban J connectivity index is 3.06. The number of benzene rings is 1. The lowest BCUT2D eigenvalue weighted by molar-refractivity contribution is 0.100. The van der Waals surface area contributed by atoms with E-state index in [2.05, 4.69) is 0 Å². The molecule has 0 amide bonds. The minimum absolute atomic E-state index is 0.00914. The van der Waals surface area contributed by atoms with Crippen LogP contribution in [0.2, 0.25) is 5.02 Å². The number of halogens is 1. The summed E-state index contributed by atoms with van der Waals surface area (Å²) >= 11 is 5.78. The molecule has 0 aliphatic rings. The SMILES string of the molecule is COc1cc(C(=O)CN)ccc1Cl. The van der Waals surface area contributed by atoms with E-state index in [1.165, 1.54) is 7.11 Å². The second-order valence-electron chi connectivity index (χ2n) is 2.48. The molecule has 1 aromatic carbocycles. The highest BCUT2D eigenvalue weighted by Crippen LogP contribution is 2.24. The third-order valence-corrected chi connectivity index (χ3v) is 1.97. The number of hydrogen-bond acceptors (Lipinski definition) is 3. The summed E-state index contributed by atoms with van der Waals surface area (Å²) in [7, 11) is 1.50. The molecule has 13 heavy (non-hydrogen) atoms. The van der Waals surface area contributed by atoms with Crippen LogP contribution in [-0.2, 0) is 0 Å². The number of carbonyl (C=O) groups excluding carboxylic acids is 1. The second-order valence-corrected chi connectivity index (χ2v) is 2.88. The van der Waals surface area contributed by atoms with Crippen LogP contribution in [0.1, 0.15) is 10.4 Å². The van der Waals surface area contributed by atoms with Gasteiger partial charge in [0.15, 0.2) is 5.78 Å². The zero-order valence-electron chi connectivity index (χ0n) is 7.21. The molecule has 1 rings (SSSR count). The van der Waals surface area contributed by atoms with Crippen molar-refractivity contribution in [3.05, 3.63) is 28.8 Å². The van der Waals surface area contributed by atoms with Gasteiger partial charge in [-0.25, -0.2) is 0 Å². The van der Waals surface area contributed by atoms with E-state index in [1.54, 1.807) is 18.2 Å². The molecule has 3 nitrogen and oxygen atoms in total. The van der Waals surface area contributed by atoms with Crippen LogP contribution in [0.15, 0.2) is 18.2 Å². The van der Waals surface area contributed by atoms with Crippen molar-refractivity contribution in [2.75, 3.05) is 13.7 Å². The molecule has 4 heteroatoms. The first-order valence-electron chi connectivity index (χ1n) is 3.76. The largest absolute Gasteiger partial charge is 0.495 e. The van der Waals surface area contributed by atoms with Crippen molar-refractivity contribution in [1.82, 2.24) is 0 Å². The van der Waals surface area contributed by atoms with E-state index in [9.17, 15) is 4.79 Å². The fraction of sp³-hybridized carbons (Fsp3) is 0.222. The molecule has 0 bridgehead atoms. The van der Waals surface area contributed by atoms with Crippen LogP contribution in [-0.4, -0.2) is 19.4 Å². The summed E-state index contributed by atoms with van der Waals surface area (Å²) in [5, 5.41) is 0.482. The third-order valence-electron chi connectivity index (χ3n) is 1.66. The van der Waals surface area contributed by atoms with Crippen LogP contribution in [0.25, 0.3) is 0 Å². The molecule has 0 spiro atoms. The lowest BCUT2D eigenvalue weighted by Crippen LogP contribution is -2.13. The number of ketones is 1. The van der Waals surface area contributed by atoms with Gasteiger partial charge in [-0.1, -0.05) is 11.6 Å². The molecule has 0 radical (unpaired) electrons. The van der Waals surface area contributed by atoms with Crippen LogP contribution in [0, 0.1) is 0 Å². The molecule has 0 aromatic heterocycles. The van der Waals surface area contributed by atoms with E-state index in [-0.39, 0.29) is 12.3 Å². The summed E-state index contributed by atoms with van der Waals surface area (Å²) in [6.45, 7) is -0.00914. The van der Waals surface area contributed by atoms with Gasteiger partial charge in [-0.2, -0.15) is 0 Å². The highest BCUT2D eigenvalue weighted by Gasteiger charge is 2.06. The summed E-state index contributed by atoms with van der Waals surface area (Å²) in [5.41, 5.74) is 5.73. The number of carbonyl (C=O) groups is 1. The van der Waals surface area contributed by atoms with Gasteiger partial charge in [0, 0.05) is 5.56 Å². The summed E-state index contributed by atoms with van der Waals surface area (Å²) < 4.78 is 4.96. The Bertz CT molecular complexity index is 325. The van der Waals surface area contributed by atoms with Gasteiger partial charge in [-0.05, 0) is 18.2 Å². The smallest absolute Gasteiger partial charge is 0.176 e. The van der Waals surface area contributed by atoms with E-state index < -0.39 is 0 Å². The van der Waals surface area contributed by atoms with Crippen molar-refractivity contribution in [2.45, 2.75) is 0 Å². The maximum atomic E-state index is 11.2. The number of Topliss-reactive ketones (excluding diaryl/α,β-unsaturated/α-hetero) is 1. The number of nitrogens with two attached hydrogens (primary N) is 1. The fourth-order valence-electron chi connectivity index (χ4n) is 0.951. The second kappa shape index (κ2) is 4.25. The molecule has 1 aromatic rings. The van der Waals surface area contributed by atoms with E-state index in [1.807, 2.05) is 0 Å². The lowest BCUT2D eigenvalue weighted by atomic mass is 10.1. The Morgan fingerprint density at radius 1 is 1.62 bits per heavy atom. The number of ether oxygens (including phenoxy) is 1. The topological polar surface area (TPSA) is 52.3 Å². The van der Waals surface area contributed by atoms with Gasteiger partial charge in [-0.3, -0.25) is 4.79 Å². The Hall–Kier alpha value is -1.06. The summed E-state index contributed by atoms with van der Waals surface area (Å²) in [4.78, 5) is 11.2.